The summed E-state index contributed by atoms with van der Waals surface area (Å²) in [7, 11) is -3.01. The quantitative estimate of drug-likeness (QED) is 0.407. The van der Waals surface area contributed by atoms with Gasteiger partial charge < -0.3 is 4.57 Å². The lowest BCUT2D eigenvalue weighted by Gasteiger charge is -2.16. The molecule has 1 atom stereocenters. The smallest absolute Gasteiger partial charge is 0.214 e. The first-order valence-electron chi connectivity index (χ1n) is 9.34. The number of thioether (sulfide) groups is 1. The molecule has 0 bridgehead atoms. The summed E-state index contributed by atoms with van der Waals surface area (Å²) in [6.45, 7) is 3.77. The van der Waals surface area contributed by atoms with Crippen LogP contribution in [0.15, 0.2) is 35.5 Å². The fourth-order valence-electron chi connectivity index (χ4n) is 3.85. The molecule has 0 radical (unpaired) electrons. The molecule has 1 saturated heterocycles. The van der Waals surface area contributed by atoms with Gasteiger partial charge in [0.25, 0.3) is 0 Å². The molecule has 158 valence electrons. The monoisotopic (exact) mass is 465 g/mol. The Bertz CT molecular complexity index is 1220. The van der Waals surface area contributed by atoms with Crippen molar-refractivity contribution in [1.82, 2.24) is 24.8 Å². The van der Waals surface area contributed by atoms with E-state index in [1.54, 1.807) is 18.2 Å². The summed E-state index contributed by atoms with van der Waals surface area (Å²) in [6.07, 6.45) is 0.579. The summed E-state index contributed by atoms with van der Waals surface area (Å²) in [5, 5.41) is 12.8. The number of benzene rings is 1. The minimum Gasteiger partial charge on any atom is -0.344 e. The highest BCUT2D eigenvalue weighted by Gasteiger charge is 2.31. The van der Waals surface area contributed by atoms with E-state index in [-0.39, 0.29) is 29.1 Å². The lowest BCUT2D eigenvalue weighted by atomic mass is 10.2. The summed E-state index contributed by atoms with van der Waals surface area (Å²) in [5.41, 5.74) is 3.01. The molecule has 30 heavy (non-hydrogen) atoms. The average Bonchev–Trinajstić information content (AvgIpc) is 3.37. The second-order valence-electron chi connectivity index (χ2n) is 7.28. The van der Waals surface area contributed by atoms with Crippen LogP contribution in [0.2, 0.25) is 5.02 Å². The standard InChI is InChI=1S/C19H20ClN5O3S2/c1-12-8-17(13(2)24(12)16-6-7-30(27,28)11-16)18(26)10-29-19-21-22-23-25(19)15-5-3-4-14(20)9-15/h3-5,8-9,16H,6-7,10-11H2,1-2H3. The van der Waals surface area contributed by atoms with Crippen LogP contribution in [0.1, 0.15) is 34.2 Å². The number of hydrogen-bond donors (Lipinski definition) is 0. The SMILES string of the molecule is Cc1cc(C(=O)CSc2nnnn2-c2cccc(Cl)c2)c(C)n1C1CCS(=O)(=O)C1. The van der Waals surface area contributed by atoms with Crippen molar-refractivity contribution in [2.75, 3.05) is 17.3 Å². The largest absolute Gasteiger partial charge is 0.344 e. The topological polar surface area (TPSA) is 99.7 Å². The van der Waals surface area contributed by atoms with E-state index in [1.165, 1.54) is 16.4 Å². The molecule has 1 aromatic carbocycles. The third-order valence-electron chi connectivity index (χ3n) is 5.18. The molecule has 8 nitrogen and oxygen atoms in total. The molecule has 2 aromatic heterocycles. The van der Waals surface area contributed by atoms with Crippen LogP contribution in [0.4, 0.5) is 0 Å². The second-order valence-corrected chi connectivity index (χ2v) is 10.9. The normalized spacial score (nSPS) is 18.0. The van der Waals surface area contributed by atoms with Crippen LogP contribution in [0.25, 0.3) is 5.69 Å². The van der Waals surface area contributed by atoms with Crippen LogP contribution in [-0.4, -0.2) is 56.2 Å². The summed E-state index contributed by atoms with van der Waals surface area (Å²) >= 11 is 7.29. The maximum atomic E-state index is 12.9. The molecule has 1 aliphatic rings. The first-order chi connectivity index (χ1) is 14.2. The average molecular weight is 466 g/mol. The van der Waals surface area contributed by atoms with Crippen LogP contribution in [0.3, 0.4) is 0 Å². The Balaban J connectivity index is 1.51. The lowest BCUT2D eigenvalue weighted by molar-refractivity contribution is 0.102. The number of rotatable bonds is 6. The van der Waals surface area contributed by atoms with E-state index >= 15 is 0 Å². The predicted octanol–water partition coefficient (Wildman–Crippen LogP) is 3.07. The minimum absolute atomic E-state index is 0.0548. The highest BCUT2D eigenvalue weighted by molar-refractivity contribution is 7.99. The number of Topliss-reactive ketones (excluding diaryl/α,β-unsaturated/α-hetero) is 1. The van der Waals surface area contributed by atoms with E-state index < -0.39 is 9.84 Å². The summed E-state index contributed by atoms with van der Waals surface area (Å²) in [6, 6.07) is 8.86. The van der Waals surface area contributed by atoms with Gasteiger partial charge in [0.1, 0.15) is 0 Å². The van der Waals surface area contributed by atoms with Gasteiger partial charge in [0.05, 0.1) is 22.9 Å². The maximum absolute atomic E-state index is 12.9. The first-order valence-corrected chi connectivity index (χ1v) is 12.5. The zero-order valence-electron chi connectivity index (χ0n) is 16.4. The molecule has 1 aliphatic heterocycles. The number of carbonyl (C=O) groups is 1. The van der Waals surface area contributed by atoms with Gasteiger partial charge in [0.2, 0.25) is 5.16 Å². The lowest BCUT2D eigenvalue weighted by Crippen LogP contribution is -2.14. The van der Waals surface area contributed by atoms with Crippen LogP contribution < -0.4 is 0 Å². The summed E-state index contributed by atoms with van der Waals surface area (Å²) in [5.74, 6) is 0.426. The Labute approximate surface area is 183 Å². The van der Waals surface area contributed by atoms with Gasteiger partial charge in [-0.1, -0.05) is 29.4 Å². The van der Waals surface area contributed by atoms with Crippen LogP contribution in [0.5, 0.6) is 0 Å². The number of nitrogens with zero attached hydrogens (tertiary/aromatic N) is 5. The molecular formula is C19H20ClN5O3S2. The molecule has 11 heteroatoms. The number of sulfone groups is 1. The third-order valence-corrected chi connectivity index (χ3v) is 8.09. The Hall–Kier alpha value is -2.17. The molecule has 0 saturated carbocycles. The number of tetrazole rings is 1. The fourth-order valence-corrected chi connectivity index (χ4v) is 6.51. The third kappa shape index (κ3) is 4.17. The van der Waals surface area contributed by atoms with E-state index in [0.29, 0.717) is 27.9 Å². The number of aromatic nitrogens is 5. The maximum Gasteiger partial charge on any atom is 0.214 e. The molecule has 3 aromatic rings. The van der Waals surface area contributed by atoms with Crippen molar-refractivity contribution in [3.63, 3.8) is 0 Å². The fraction of sp³-hybridized carbons (Fsp3) is 0.368. The van der Waals surface area contributed by atoms with Crippen molar-refractivity contribution >= 4 is 39.0 Å². The van der Waals surface area contributed by atoms with Crippen molar-refractivity contribution in [1.29, 1.82) is 0 Å². The molecule has 1 fully saturated rings. The summed E-state index contributed by atoms with van der Waals surface area (Å²) in [4.78, 5) is 12.9. The zero-order chi connectivity index (χ0) is 21.5. The van der Waals surface area contributed by atoms with Crippen molar-refractivity contribution in [2.45, 2.75) is 31.5 Å². The van der Waals surface area contributed by atoms with Gasteiger partial charge in [-0.15, -0.1) is 5.10 Å². The minimum atomic E-state index is -3.01. The zero-order valence-corrected chi connectivity index (χ0v) is 18.8. The Morgan fingerprint density at radius 2 is 2.10 bits per heavy atom. The van der Waals surface area contributed by atoms with Gasteiger partial charge in [-0.2, -0.15) is 4.68 Å². The number of carbonyl (C=O) groups excluding carboxylic acids is 1. The Kier molecular flexibility index (Phi) is 5.73. The van der Waals surface area contributed by atoms with Gasteiger partial charge >= 0.3 is 0 Å². The summed E-state index contributed by atoms with van der Waals surface area (Å²) < 4.78 is 27.3. The number of halogens is 1. The van der Waals surface area contributed by atoms with Crippen molar-refractivity contribution in [2.24, 2.45) is 0 Å². The van der Waals surface area contributed by atoms with Gasteiger partial charge in [-0.3, -0.25) is 4.79 Å². The molecule has 4 rings (SSSR count). The molecule has 3 heterocycles. The Morgan fingerprint density at radius 1 is 1.30 bits per heavy atom. The Morgan fingerprint density at radius 3 is 2.80 bits per heavy atom. The van der Waals surface area contributed by atoms with E-state index in [0.717, 1.165) is 11.4 Å². The van der Waals surface area contributed by atoms with Crippen LogP contribution in [-0.2, 0) is 9.84 Å². The predicted molar refractivity (Wildman–Crippen MR) is 115 cm³/mol. The van der Waals surface area contributed by atoms with Crippen molar-refractivity contribution in [3.05, 3.63) is 52.3 Å². The van der Waals surface area contributed by atoms with E-state index in [9.17, 15) is 13.2 Å². The molecular weight excluding hydrogens is 446 g/mol. The molecule has 0 N–H and O–H groups in total. The highest BCUT2D eigenvalue weighted by atomic mass is 35.5. The van der Waals surface area contributed by atoms with Crippen LogP contribution >= 0.6 is 23.4 Å². The second kappa shape index (κ2) is 8.16. The molecule has 0 amide bonds. The van der Waals surface area contributed by atoms with Gasteiger partial charge in [0, 0.05) is 28.0 Å². The molecule has 0 aliphatic carbocycles. The number of aryl methyl sites for hydroxylation is 1. The van der Waals surface area contributed by atoms with E-state index in [4.69, 9.17) is 11.6 Å². The van der Waals surface area contributed by atoms with E-state index in [1.807, 2.05) is 30.5 Å². The number of hydrogen-bond acceptors (Lipinski definition) is 7. The highest BCUT2D eigenvalue weighted by Crippen LogP contribution is 2.30. The van der Waals surface area contributed by atoms with Gasteiger partial charge in [-0.25, -0.2) is 8.42 Å². The van der Waals surface area contributed by atoms with Gasteiger partial charge in [0.15, 0.2) is 15.6 Å². The van der Waals surface area contributed by atoms with E-state index in [2.05, 4.69) is 15.5 Å². The first kappa shape index (κ1) is 21.1. The molecule has 1 unspecified atom stereocenters. The van der Waals surface area contributed by atoms with Crippen molar-refractivity contribution in [3.8, 4) is 5.69 Å². The van der Waals surface area contributed by atoms with Crippen molar-refractivity contribution < 1.29 is 13.2 Å². The number of ketones is 1. The molecule has 0 spiro atoms. The van der Waals surface area contributed by atoms with Crippen LogP contribution in [0, 0.1) is 13.8 Å². The van der Waals surface area contributed by atoms with Gasteiger partial charge in [-0.05, 0) is 55.0 Å².